The Morgan fingerprint density at radius 1 is 1.11 bits per heavy atom. The third-order valence-electron chi connectivity index (χ3n) is 6.83. The summed E-state index contributed by atoms with van der Waals surface area (Å²) in [6.45, 7) is 5.59. The minimum Gasteiger partial charge on any atom is -0.377 e. The summed E-state index contributed by atoms with van der Waals surface area (Å²) in [5, 5.41) is 2.85. The monoisotopic (exact) mass is 516 g/mol. The number of H-pyrrole nitrogens is 1. The molecule has 0 radical (unpaired) electrons. The molecule has 0 bridgehead atoms. The number of hydrogen-bond donors (Lipinski definition) is 2. The molecular weight excluding hydrogens is 484 g/mol. The predicted molar refractivity (Wildman–Crippen MR) is 146 cm³/mol. The van der Waals surface area contributed by atoms with Crippen LogP contribution in [-0.4, -0.2) is 55.8 Å². The number of rotatable bonds is 7. The number of imidazole rings is 1. The molecule has 1 aliphatic rings. The van der Waals surface area contributed by atoms with Crippen LogP contribution >= 0.6 is 0 Å². The van der Waals surface area contributed by atoms with Crippen molar-refractivity contribution in [2.75, 3.05) is 25.0 Å². The molecule has 38 heavy (non-hydrogen) atoms. The lowest BCUT2D eigenvalue weighted by Gasteiger charge is -2.32. The van der Waals surface area contributed by atoms with E-state index in [1.807, 2.05) is 50.2 Å². The van der Waals surface area contributed by atoms with Gasteiger partial charge in [-0.1, -0.05) is 30.3 Å². The summed E-state index contributed by atoms with van der Waals surface area (Å²) in [5.74, 6) is 0. The third-order valence-corrected chi connectivity index (χ3v) is 6.83. The highest BCUT2D eigenvalue weighted by Crippen LogP contribution is 2.25. The number of pyridine rings is 2. The number of carbonyl (C=O) groups is 1. The Kier molecular flexibility index (Phi) is 7.41. The van der Waals surface area contributed by atoms with E-state index < -0.39 is 0 Å². The second-order valence-corrected chi connectivity index (χ2v) is 9.75. The van der Waals surface area contributed by atoms with Crippen molar-refractivity contribution >= 4 is 22.9 Å². The minimum absolute atomic E-state index is 0.0379. The van der Waals surface area contributed by atoms with Gasteiger partial charge in [-0.05, 0) is 50.5 Å². The maximum absolute atomic E-state index is 13.2. The molecule has 10 nitrogen and oxygen atoms in total. The lowest BCUT2D eigenvalue weighted by Crippen LogP contribution is -2.43. The zero-order valence-corrected chi connectivity index (χ0v) is 21.6. The highest BCUT2D eigenvalue weighted by atomic mass is 16.5. The van der Waals surface area contributed by atoms with Crippen molar-refractivity contribution in [1.29, 1.82) is 0 Å². The molecule has 10 heteroatoms. The van der Waals surface area contributed by atoms with Gasteiger partial charge in [-0.15, -0.1) is 0 Å². The molecule has 0 atom stereocenters. The van der Waals surface area contributed by atoms with Crippen LogP contribution < -0.4 is 16.6 Å². The number of benzene rings is 1. The van der Waals surface area contributed by atoms with E-state index in [4.69, 9.17) is 4.74 Å². The Balaban J connectivity index is 1.32. The SMILES string of the molecule is CC(C)OCCn1cc(-c2ccccc2)cc(NC(=O)N2CCC(n3c(=O)[nH]c4ncccc43)CC2)c1=O. The van der Waals surface area contributed by atoms with Crippen LogP contribution in [0, 0.1) is 0 Å². The Morgan fingerprint density at radius 2 is 1.87 bits per heavy atom. The van der Waals surface area contributed by atoms with E-state index in [2.05, 4.69) is 15.3 Å². The third kappa shape index (κ3) is 5.40. The molecule has 5 rings (SSSR count). The number of nitrogens with zero attached hydrogens (tertiary/aromatic N) is 4. The van der Waals surface area contributed by atoms with Crippen molar-refractivity contribution in [3.63, 3.8) is 0 Å². The summed E-state index contributed by atoms with van der Waals surface area (Å²) in [7, 11) is 0. The van der Waals surface area contributed by atoms with E-state index in [9.17, 15) is 14.4 Å². The van der Waals surface area contributed by atoms with Gasteiger partial charge in [0, 0.05) is 43.6 Å². The second-order valence-electron chi connectivity index (χ2n) is 9.75. The first-order valence-corrected chi connectivity index (χ1v) is 12.9. The number of anilines is 1. The Morgan fingerprint density at radius 3 is 2.61 bits per heavy atom. The highest BCUT2D eigenvalue weighted by molar-refractivity contribution is 5.90. The van der Waals surface area contributed by atoms with Gasteiger partial charge in [0.05, 0.1) is 18.2 Å². The molecule has 1 saturated heterocycles. The van der Waals surface area contributed by atoms with E-state index in [1.165, 1.54) is 0 Å². The van der Waals surface area contributed by atoms with Crippen molar-refractivity contribution in [1.82, 2.24) is 24.0 Å². The summed E-state index contributed by atoms with van der Waals surface area (Å²) in [6, 6.07) is 14.8. The number of ether oxygens (including phenoxy) is 1. The summed E-state index contributed by atoms with van der Waals surface area (Å²) in [5.41, 5.74) is 2.85. The van der Waals surface area contributed by atoms with Gasteiger partial charge in [0.15, 0.2) is 5.65 Å². The van der Waals surface area contributed by atoms with E-state index in [0.29, 0.717) is 44.7 Å². The van der Waals surface area contributed by atoms with Crippen LogP contribution in [0.25, 0.3) is 22.3 Å². The van der Waals surface area contributed by atoms with Crippen LogP contribution in [0.1, 0.15) is 32.7 Å². The largest absolute Gasteiger partial charge is 0.377 e. The minimum atomic E-state index is -0.330. The quantitative estimate of drug-likeness (QED) is 0.387. The number of aromatic nitrogens is 4. The van der Waals surface area contributed by atoms with Gasteiger partial charge in [-0.25, -0.2) is 14.6 Å². The first kappa shape index (κ1) is 25.5. The molecular formula is C28H32N6O4. The zero-order valence-electron chi connectivity index (χ0n) is 21.6. The molecule has 4 aromatic rings. The number of aromatic amines is 1. The van der Waals surface area contributed by atoms with Gasteiger partial charge in [0.25, 0.3) is 5.56 Å². The van der Waals surface area contributed by atoms with Crippen molar-refractivity contribution < 1.29 is 9.53 Å². The van der Waals surface area contributed by atoms with Gasteiger partial charge in [0.2, 0.25) is 0 Å². The molecule has 1 fully saturated rings. The lowest BCUT2D eigenvalue weighted by atomic mass is 10.0. The fraction of sp³-hybridized carbons (Fsp3) is 0.357. The number of likely N-dealkylation sites (tertiary alicyclic amines) is 1. The molecule has 4 heterocycles. The van der Waals surface area contributed by atoms with E-state index in [-0.39, 0.29) is 35.1 Å². The van der Waals surface area contributed by atoms with Crippen molar-refractivity contribution in [2.45, 2.75) is 45.4 Å². The summed E-state index contributed by atoms with van der Waals surface area (Å²) in [4.78, 5) is 47.7. The number of fused-ring (bicyclic) bond motifs is 1. The van der Waals surface area contributed by atoms with Crippen LogP contribution in [0.2, 0.25) is 0 Å². The van der Waals surface area contributed by atoms with Crippen molar-refractivity contribution in [2.24, 2.45) is 0 Å². The zero-order chi connectivity index (χ0) is 26.6. The van der Waals surface area contributed by atoms with Gasteiger partial charge >= 0.3 is 11.7 Å². The number of piperidine rings is 1. The molecule has 0 spiro atoms. The second kappa shape index (κ2) is 11.1. The van der Waals surface area contributed by atoms with Crippen LogP contribution in [0.4, 0.5) is 10.5 Å². The molecule has 2 amide bonds. The average molecular weight is 517 g/mol. The van der Waals surface area contributed by atoms with Gasteiger partial charge in [-0.2, -0.15) is 0 Å². The van der Waals surface area contributed by atoms with Gasteiger partial charge in [0.1, 0.15) is 5.69 Å². The lowest BCUT2D eigenvalue weighted by molar-refractivity contribution is 0.0723. The van der Waals surface area contributed by atoms with E-state index in [1.54, 1.807) is 38.6 Å². The van der Waals surface area contributed by atoms with Crippen LogP contribution in [-0.2, 0) is 11.3 Å². The van der Waals surface area contributed by atoms with Gasteiger partial charge in [-0.3, -0.25) is 14.3 Å². The predicted octanol–water partition coefficient (Wildman–Crippen LogP) is 3.85. The van der Waals surface area contributed by atoms with Gasteiger partial charge < -0.3 is 19.5 Å². The first-order chi connectivity index (χ1) is 18.4. The van der Waals surface area contributed by atoms with Crippen LogP contribution in [0.5, 0.6) is 0 Å². The number of amides is 2. The fourth-order valence-electron chi connectivity index (χ4n) is 4.91. The standard InChI is InChI=1S/C28H32N6O4/c1-19(2)38-16-15-33-18-21(20-7-4-3-5-8-20)17-23(26(33)35)30-27(36)32-13-10-22(11-14-32)34-24-9-6-12-29-25(24)31-28(34)37/h3-9,12,17-19,22H,10-11,13-16H2,1-2H3,(H,30,36)(H,29,31,37). The smallest absolute Gasteiger partial charge is 0.327 e. The van der Waals surface area contributed by atoms with E-state index >= 15 is 0 Å². The van der Waals surface area contributed by atoms with Crippen molar-refractivity contribution in [3.05, 3.63) is 81.8 Å². The number of carbonyl (C=O) groups excluding carboxylic acids is 1. The Hall–Kier alpha value is -4.18. The Labute approximate surface area is 219 Å². The average Bonchev–Trinajstić information content (AvgIpc) is 3.26. The molecule has 2 N–H and O–H groups in total. The highest BCUT2D eigenvalue weighted by Gasteiger charge is 2.27. The molecule has 0 unspecified atom stereocenters. The maximum atomic E-state index is 13.2. The molecule has 1 aromatic carbocycles. The summed E-state index contributed by atoms with van der Waals surface area (Å²) >= 11 is 0. The van der Waals surface area contributed by atoms with Crippen molar-refractivity contribution in [3.8, 4) is 11.1 Å². The topological polar surface area (TPSA) is 114 Å². The Bertz CT molecular complexity index is 1530. The van der Waals surface area contributed by atoms with E-state index in [0.717, 1.165) is 16.6 Å². The number of hydrogen-bond acceptors (Lipinski definition) is 5. The van der Waals surface area contributed by atoms with Crippen LogP contribution in [0.15, 0.2) is 70.5 Å². The number of urea groups is 1. The van der Waals surface area contributed by atoms with Crippen LogP contribution in [0.3, 0.4) is 0 Å². The maximum Gasteiger partial charge on any atom is 0.327 e. The molecule has 3 aromatic heterocycles. The summed E-state index contributed by atoms with van der Waals surface area (Å²) in [6.07, 6.45) is 4.75. The molecule has 0 aliphatic carbocycles. The molecule has 198 valence electrons. The fourth-order valence-corrected chi connectivity index (χ4v) is 4.91. The molecule has 1 aliphatic heterocycles. The molecule has 0 saturated carbocycles. The number of nitrogens with one attached hydrogen (secondary N) is 2. The first-order valence-electron chi connectivity index (χ1n) is 12.9. The normalized spacial score (nSPS) is 14.3. The summed E-state index contributed by atoms with van der Waals surface area (Å²) < 4.78 is 8.97.